The van der Waals surface area contributed by atoms with Crippen molar-refractivity contribution in [3.63, 3.8) is 0 Å². The van der Waals surface area contributed by atoms with Gasteiger partial charge >= 0.3 is 6.18 Å². The second-order valence-corrected chi connectivity index (χ2v) is 7.85. The van der Waals surface area contributed by atoms with Crippen LogP contribution in [0.4, 0.5) is 22.0 Å². The zero-order valence-corrected chi connectivity index (χ0v) is 15.8. The predicted molar refractivity (Wildman–Crippen MR) is 95.8 cm³/mol. The van der Waals surface area contributed by atoms with Crippen LogP contribution in [0.3, 0.4) is 0 Å². The Kier molecular flexibility index (Phi) is 5.12. The van der Waals surface area contributed by atoms with Crippen molar-refractivity contribution in [1.29, 1.82) is 0 Å². The molecule has 3 atom stereocenters. The molecule has 29 heavy (non-hydrogen) atoms. The maximum absolute atomic E-state index is 14.3. The Morgan fingerprint density at radius 3 is 2.69 bits per heavy atom. The number of fused-ring (bicyclic) bond motifs is 1. The van der Waals surface area contributed by atoms with E-state index in [0.29, 0.717) is 31.6 Å². The van der Waals surface area contributed by atoms with Gasteiger partial charge in [0.25, 0.3) is 0 Å². The Labute approximate surface area is 164 Å². The minimum Gasteiger partial charge on any atom is -0.326 e. The molecule has 1 fully saturated rings. The lowest BCUT2D eigenvalue weighted by atomic mass is 9.87. The summed E-state index contributed by atoms with van der Waals surface area (Å²) in [5, 5.41) is 5.96. The Hall–Kier alpha value is -2.04. The van der Waals surface area contributed by atoms with Crippen LogP contribution >= 0.6 is 0 Å². The third kappa shape index (κ3) is 3.76. The van der Waals surface area contributed by atoms with E-state index >= 15 is 0 Å². The Balaban J connectivity index is 1.53. The highest BCUT2D eigenvalue weighted by atomic mass is 19.4. The molecule has 0 saturated carbocycles. The van der Waals surface area contributed by atoms with Gasteiger partial charge in [-0.25, -0.2) is 8.78 Å². The molecule has 1 aromatic carbocycles. The third-order valence-corrected chi connectivity index (χ3v) is 5.95. The highest BCUT2D eigenvalue weighted by Crippen LogP contribution is 2.37. The van der Waals surface area contributed by atoms with Crippen LogP contribution in [0.25, 0.3) is 0 Å². The predicted octanol–water partition coefficient (Wildman–Crippen LogP) is 2.84. The fourth-order valence-electron chi connectivity index (χ4n) is 4.63. The summed E-state index contributed by atoms with van der Waals surface area (Å²) in [6.45, 7) is 1.20. The molecule has 2 aromatic rings. The van der Waals surface area contributed by atoms with Gasteiger partial charge in [-0.2, -0.15) is 18.3 Å². The molecule has 0 radical (unpaired) electrons. The van der Waals surface area contributed by atoms with Crippen molar-refractivity contribution in [1.82, 2.24) is 20.0 Å². The van der Waals surface area contributed by atoms with Gasteiger partial charge in [0, 0.05) is 55.0 Å². The maximum atomic E-state index is 14.3. The molecule has 0 unspecified atom stereocenters. The summed E-state index contributed by atoms with van der Waals surface area (Å²) in [4.78, 5) is 3.83. The Bertz CT molecular complexity index is 884. The van der Waals surface area contributed by atoms with Gasteiger partial charge in [-0.05, 0) is 31.7 Å². The lowest BCUT2D eigenvalue weighted by Crippen LogP contribution is -2.56. The van der Waals surface area contributed by atoms with Gasteiger partial charge in [0.05, 0.1) is 6.04 Å². The van der Waals surface area contributed by atoms with Gasteiger partial charge in [0.1, 0.15) is 11.6 Å². The topological polar surface area (TPSA) is 61.2 Å². The summed E-state index contributed by atoms with van der Waals surface area (Å²) in [5.74, 6) is -1.06. The SMILES string of the molecule is CN1C[C@H](N2CCc3[nH]nc(C(F)(F)F)c3C2)C[C@H](N)[C@H]1c1cc(F)ccc1F. The summed E-state index contributed by atoms with van der Waals surface area (Å²) >= 11 is 0. The summed E-state index contributed by atoms with van der Waals surface area (Å²) < 4.78 is 67.5. The number of halogens is 5. The van der Waals surface area contributed by atoms with Gasteiger partial charge in [-0.3, -0.25) is 14.9 Å². The molecule has 5 nitrogen and oxygen atoms in total. The van der Waals surface area contributed by atoms with E-state index in [1.807, 2.05) is 9.80 Å². The summed E-state index contributed by atoms with van der Waals surface area (Å²) in [5.41, 5.74) is 6.36. The van der Waals surface area contributed by atoms with Crippen LogP contribution in [0.15, 0.2) is 18.2 Å². The summed E-state index contributed by atoms with van der Waals surface area (Å²) in [6, 6.07) is 2.23. The number of alkyl halides is 3. The first-order chi connectivity index (χ1) is 13.6. The first kappa shape index (κ1) is 20.2. The van der Waals surface area contributed by atoms with Gasteiger partial charge in [-0.1, -0.05) is 0 Å². The van der Waals surface area contributed by atoms with E-state index in [2.05, 4.69) is 10.2 Å². The third-order valence-electron chi connectivity index (χ3n) is 5.95. The number of hydrogen-bond acceptors (Lipinski definition) is 4. The number of likely N-dealkylation sites (N-methyl/N-ethyl adjacent to an activating group) is 1. The zero-order chi connectivity index (χ0) is 20.9. The normalized spacial score (nSPS) is 26.5. The second-order valence-electron chi connectivity index (χ2n) is 7.85. The van der Waals surface area contributed by atoms with Crippen LogP contribution in [-0.4, -0.2) is 52.2 Å². The van der Waals surface area contributed by atoms with Crippen LogP contribution in [0.5, 0.6) is 0 Å². The molecular formula is C19H22F5N5. The number of H-pyrrole nitrogens is 1. The van der Waals surface area contributed by atoms with Crippen molar-refractivity contribution in [3.05, 3.63) is 52.3 Å². The second kappa shape index (κ2) is 7.33. The lowest BCUT2D eigenvalue weighted by Gasteiger charge is -2.46. The quantitative estimate of drug-likeness (QED) is 0.741. The maximum Gasteiger partial charge on any atom is 0.435 e. The molecule has 1 saturated heterocycles. The largest absolute Gasteiger partial charge is 0.435 e. The molecule has 1 aromatic heterocycles. The number of nitrogens with zero attached hydrogens (tertiary/aromatic N) is 3. The van der Waals surface area contributed by atoms with Crippen molar-refractivity contribution in [2.45, 2.75) is 43.7 Å². The van der Waals surface area contributed by atoms with Crippen molar-refractivity contribution >= 4 is 0 Å². The first-order valence-electron chi connectivity index (χ1n) is 9.43. The number of hydrogen-bond donors (Lipinski definition) is 2. The average Bonchev–Trinajstić information content (AvgIpc) is 3.07. The molecular weight excluding hydrogens is 393 g/mol. The fraction of sp³-hybridized carbons (Fsp3) is 0.526. The molecule has 2 aliphatic heterocycles. The van der Waals surface area contributed by atoms with Gasteiger partial charge in [0.2, 0.25) is 0 Å². The smallest absolute Gasteiger partial charge is 0.326 e. The Morgan fingerprint density at radius 2 is 2.00 bits per heavy atom. The average molecular weight is 415 g/mol. The molecule has 10 heteroatoms. The van der Waals surface area contributed by atoms with E-state index in [9.17, 15) is 22.0 Å². The number of nitrogens with two attached hydrogens (primary N) is 1. The number of nitrogens with one attached hydrogen (secondary N) is 1. The molecule has 158 valence electrons. The van der Waals surface area contributed by atoms with Gasteiger partial charge in [-0.15, -0.1) is 0 Å². The standard InChI is InChI=1S/C19H22F5N5/c1-28-8-11(7-15(25)17(28)12-6-10(20)2-3-14(12)21)29-5-4-16-13(9-29)18(27-26-16)19(22,23)24/h2-3,6,11,15,17H,4-5,7-9,25H2,1H3,(H,26,27)/t11-,15+,17-/m1/s1. The van der Waals surface area contributed by atoms with E-state index in [4.69, 9.17) is 5.73 Å². The van der Waals surface area contributed by atoms with Crippen LogP contribution in [0.1, 0.15) is 35.0 Å². The molecule has 0 spiro atoms. The molecule has 0 aliphatic carbocycles. The fourth-order valence-corrected chi connectivity index (χ4v) is 4.63. The van der Waals surface area contributed by atoms with Crippen LogP contribution in [-0.2, 0) is 19.1 Å². The van der Waals surface area contributed by atoms with Crippen molar-refractivity contribution < 1.29 is 22.0 Å². The van der Waals surface area contributed by atoms with Crippen molar-refractivity contribution in [3.8, 4) is 0 Å². The highest BCUT2D eigenvalue weighted by Gasteiger charge is 2.42. The monoisotopic (exact) mass is 415 g/mol. The van der Waals surface area contributed by atoms with Crippen molar-refractivity contribution in [2.24, 2.45) is 5.73 Å². The highest BCUT2D eigenvalue weighted by molar-refractivity contribution is 5.30. The van der Waals surface area contributed by atoms with Crippen molar-refractivity contribution in [2.75, 3.05) is 20.1 Å². The van der Waals surface area contributed by atoms with Gasteiger partial charge < -0.3 is 5.73 Å². The van der Waals surface area contributed by atoms with E-state index in [1.165, 1.54) is 0 Å². The summed E-state index contributed by atoms with van der Waals surface area (Å²) in [7, 11) is 1.77. The first-order valence-corrected chi connectivity index (χ1v) is 9.43. The minimum atomic E-state index is -4.51. The Morgan fingerprint density at radius 1 is 1.24 bits per heavy atom. The van der Waals surface area contributed by atoms with E-state index in [0.717, 1.165) is 18.2 Å². The number of piperidine rings is 1. The van der Waals surface area contributed by atoms with Gasteiger partial charge in [0.15, 0.2) is 5.69 Å². The number of aromatic amines is 1. The number of likely N-dealkylation sites (tertiary alicyclic amines) is 1. The minimum absolute atomic E-state index is 0.0907. The number of benzene rings is 1. The van der Waals surface area contributed by atoms with Crippen LogP contribution in [0, 0.1) is 11.6 Å². The zero-order valence-electron chi connectivity index (χ0n) is 15.8. The number of aromatic nitrogens is 2. The molecule has 0 bridgehead atoms. The van der Waals surface area contributed by atoms with E-state index < -0.39 is 35.6 Å². The molecule has 4 rings (SSSR count). The lowest BCUT2D eigenvalue weighted by molar-refractivity contribution is -0.142. The van der Waals surface area contributed by atoms with Crippen LogP contribution in [0.2, 0.25) is 0 Å². The van der Waals surface area contributed by atoms with E-state index in [1.54, 1.807) is 7.05 Å². The molecule has 2 aliphatic rings. The molecule has 3 N–H and O–H groups in total. The van der Waals surface area contributed by atoms with Crippen LogP contribution < -0.4 is 5.73 Å². The summed E-state index contributed by atoms with van der Waals surface area (Å²) in [6.07, 6.45) is -3.60. The molecule has 0 amide bonds. The molecule has 3 heterocycles. The number of rotatable bonds is 2. The van der Waals surface area contributed by atoms with E-state index in [-0.39, 0.29) is 23.7 Å².